The minimum Gasteiger partial charge on any atom is -0.444 e. The number of carbonyl (C=O) groups excluding carboxylic acids is 2. The van der Waals surface area contributed by atoms with E-state index in [2.05, 4.69) is 10.3 Å². The van der Waals surface area contributed by atoms with Crippen LogP contribution in [-0.2, 0) is 11.3 Å². The van der Waals surface area contributed by atoms with Gasteiger partial charge in [0.15, 0.2) is 5.69 Å². The van der Waals surface area contributed by atoms with Crippen LogP contribution in [0.4, 0.5) is 4.79 Å². The van der Waals surface area contributed by atoms with Gasteiger partial charge in [-0.3, -0.25) is 9.48 Å². The van der Waals surface area contributed by atoms with E-state index in [0.717, 1.165) is 6.42 Å². The lowest BCUT2D eigenvalue weighted by Crippen LogP contribution is -2.35. The van der Waals surface area contributed by atoms with E-state index in [0.29, 0.717) is 19.6 Å². The van der Waals surface area contributed by atoms with Crippen LogP contribution in [0.2, 0.25) is 0 Å². The zero-order valence-corrected chi connectivity index (χ0v) is 12.6. The molecule has 2 amide bonds. The summed E-state index contributed by atoms with van der Waals surface area (Å²) in [7, 11) is 0. The highest BCUT2D eigenvalue weighted by Crippen LogP contribution is 2.20. The highest BCUT2D eigenvalue weighted by Gasteiger charge is 2.30. The summed E-state index contributed by atoms with van der Waals surface area (Å²) in [5.41, 5.74) is 4.79. The molecule has 0 bridgehead atoms. The first-order chi connectivity index (χ1) is 9.74. The molecule has 2 rings (SSSR count). The molecule has 0 radical (unpaired) electrons. The maximum atomic E-state index is 12.0. The summed E-state index contributed by atoms with van der Waals surface area (Å²) in [4.78, 5) is 24.6. The van der Waals surface area contributed by atoms with Crippen LogP contribution >= 0.6 is 0 Å². The Bertz CT molecular complexity index is 534. The molecule has 1 atom stereocenters. The van der Waals surface area contributed by atoms with Gasteiger partial charge in [0, 0.05) is 19.6 Å². The maximum Gasteiger partial charge on any atom is 0.410 e. The summed E-state index contributed by atoms with van der Waals surface area (Å²) in [6.07, 6.45) is 2.10. The molecule has 0 spiro atoms. The fraction of sp³-hybridized carbons (Fsp3) is 0.692. The molecule has 1 fully saturated rings. The van der Waals surface area contributed by atoms with Crippen molar-refractivity contribution in [3.05, 3.63) is 11.9 Å². The van der Waals surface area contributed by atoms with Crippen molar-refractivity contribution < 1.29 is 14.3 Å². The first-order valence-corrected chi connectivity index (χ1v) is 6.92. The normalized spacial score (nSPS) is 18.8. The van der Waals surface area contributed by atoms with Gasteiger partial charge in [-0.05, 0) is 33.1 Å². The van der Waals surface area contributed by atoms with Crippen LogP contribution in [-0.4, -0.2) is 50.6 Å². The first-order valence-electron chi connectivity index (χ1n) is 6.92. The van der Waals surface area contributed by atoms with Gasteiger partial charge in [-0.25, -0.2) is 4.79 Å². The second-order valence-corrected chi connectivity index (χ2v) is 6.27. The van der Waals surface area contributed by atoms with Crippen molar-refractivity contribution in [3.63, 3.8) is 0 Å². The Balaban J connectivity index is 1.87. The average Bonchev–Trinajstić information content (AvgIpc) is 2.96. The second-order valence-electron chi connectivity index (χ2n) is 6.27. The fourth-order valence-electron chi connectivity index (χ4n) is 2.24. The molecule has 1 saturated heterocycles. The van der Waals surface area contributed by atoms with E-state index in [1.54, 1.807) is 9.58 Å². The van der Waals surface area contributed by atoms with Gasteiger partial charge in [0.2, 0.25) is 0 Å². The number of nitrogens with zero attached hydrogens (tertiary/aromatic N) is 4. The van der Waals surface area contributed by atoms with E-state index in [4.69, 9.17) is 10.5 Å². The predicted octanol–water partition coefficient (Wildman–Crippen LogP) is 0.634. The van der Waals surface area contributed by atoms with E-state index in [-0.39, 0.29) is 17.7 Å². The molecule has 0 unspecified atom stereocenters. The minimum absolute atomic E-state index is 0.150. The lowest BCUT2D eigenvalue weighted by atomic mass is 10.1. The molecule has 1 aliphatic heterocycles. The molecule has 1 aliphatic rings. The number of likely N-dealkylation sites (tertiary alicyclic amines) is 1. The standard InChI is InChI=1S/C13H21N5O3/c1-13(2,3)21-12(20)17-5-4-9(6-17)7-18-8-10(11(14)19)15-16-18/h8-9H,4-7H2,1-3H3,(H2,14,19)/t9-/m1/s1. The van der Waals surface area contributed by atoms with Crippen LogP contribution in [0.3, 0.4) is 0 Å². The highest BCUT2D eigenvalue weighted by atomic mass is 16.6. The number of amides is 2. The summed E-state index contributed by atoms with van der Waals surface area (Å²) in [5, 5.41) is 7.55. The third kappa shape index (κ3) is 4.17. The minimum atomic E-state index is -0.594. The van der Waals surface area contributed by atoms with E-state index in [1.165, 1.54) is 6.20 Å². The van der Waals surface area contributed by atoms with Crippen LogP contribution in [0, 0.1) is 5.92 Å². The van der Waals surface area contributed by atoms with Crippen molar-refractivity contribution in [1.82, 2.24) is 19.9 Å². The van der Waals surface area contributed by atoms with Crippen LogP contribution in [0.5, 0.6) is 0 Å². The zero-order chi connectivity index (χ0) is 15.6. The monoisotopic (exact) mass is 295 g/mol. The van der Waals surface area contributed by atoms with Gasteiger partial charge in [0.25, 0.3) is 5.91 Å². The van der Waals surface area contributed by atoms with Crippen LogP contribution in [0.25, 0.3) is 0 Å². The van der Waals surface area contributed by atoms with Crippen molar-refractivity contribution in [2.75, 3.05) is 13.1 Å². The maximum absolute atomic E-state index is 12.0. The lowest BCUT2D eigenvalue weighted by molar-refractivity contribution is 0.0286. The van der Waals surface area contributed by atoms with Gasteiger partial charge < -0.3 is 15.4 Å². The lowest BCUT2D eigenvalue weighted by Gasteiger charge is -2.24. The van der Waals surface area contributed by atoms with Crippen molar-refractivity contribution in [2.24, 2.45) is 11.7 Å². The Morgan fingerprint density at radius 3 is 2.76 bits per heavy atom. The Labute approximate surface area is 123 Å². The summed E-state index contributed by atoms with van der Waals surface area (Å²) in [6, 6.07) is 0. The highest BCUT2D eigenvalue weighted by molar-refractivity contribution is 5.90. The number of primary amides is 1. The van der Waals surface area contributed by atoms with Crippen molar-refractivity contribution in [1.29, 1.82) is 0 Å². The fourth-order valence-corrected chi connectivity index (χ4v) is 2.24. The molecule has 8 heteroatoms. The second kappa shape index (κ2) is 5.71. The molecular formula is C13H21N5O3. The molecular weight excluding hydrogens is 274 g/mol. The Hall–Kier alpha value is -2.12. The SMILES string of the molecule is CC(C)(C)OC(=O)N1CC[C@@H](Cn2cc(C(N)=O)nn2)C1. The molecule has 8 nitrogen and oxygen atoms in total. The van der Waals surface area contributed by atoms with Gasteiger partial charge in [-0.2, -0.15) is 0 Å². The number of rotatable bonds is 3. The third-order valence-electron chi connectivity index (χ3n) is 3.17. The number of nitrogens with two attached hydrogens (primary N) is 1. The molecule has 21 heavy (non-hydrogen) atoms. The molecule has 1 aromatic rings. The van der Waals surface area contributed by atoms with Gasteiger partial charge >= 0.3 is 6.09 Å². The third-order valence-corrected chi connectivity index (χ3v) is 3.17. The molecule has 2 N–H and O–H groups in total. The summed E-state index contributed by atoms with van der Waals surface area (Å²) >= 11 is 0. The number of ether oxygens (including phenoxy) is 1. The Morgan fingerprint density at radius 2 is 2.19 bits per heavy atom. The smallest absolute Gasteiger partial charge is 0.410 e. The summed E-state index contributed by atoms with van der Waals surface area (Å²) in [5.74, 6) is -0.331. The van der Waals surface area contributed by atoms with Crippen molar-refractivity contribution in [3.8, 4) is 0 Å². The van der Waals surface area contributed by atoms with Crippen molar-refractivity contribution in [2.45, 2.75) is 39.3 Å². The molecule has 2 heterocycles. The van der Waals surface area contributed by atoms with Gasteiger partial charge in [-0.15, -0.1) is 5.10 Å². The van der Waals surface area contributed by atoms with E-state index >= 15 is 0 Å². The quantitative estimate of drug-likeness (QED) is 0.881. The molecule has 0 aliphatic carbocycles. The number of carbonyl (C=O) groups is 2. The predicted molar refractivity (Wildman–Crippen MR) is 74.5 cm³/mol. The number of hydrogen-bond donors (Lipinski definition) is 1. The van der Waals surface area contributed by atoms with Crippen molar-refractivity contribution >= 4 is 12.0 Å². The van der Waals surface area contributed by atoms with Crippen LogP contribution in [0.15, 0.2) is 6.20 Å². The molecule has 0 saturated carbocycles. The van der Waals surface area contributed by atoms with Crippen LogP contribution in [0.1, 0.15) is 37.7 Å². The number of aromatic nitrogens is 3. The topological polar surface area (TPSA) is 103 Å². The Kier molecular flexibility index (Phi) is 4.15. The van der Waals surface area contributed by atoms with Gasteiger partial charge in [0.1, 0.15) is 5.60 Å². The average molecular weight is 295 g/mol. The Morgan fingerprint density at radius 1 is 1.48 bits per heavy atom. The van der Waals surface area contributed by atoms with Gasteiger partial charge in [0.05, 0.1) is 6.20 Å². The summed E-state index contributed by atoms with van der Waals surface area (Å²) in [6.45, 7) is 7.41. The van der Waals surface area contributed by atoms with Crippen LogP contribution < -0.4 is 5.73 Å². The number of hydrogen-bond acceptors (Lipinski definition) is 5. The van der Waals surface area contributed by atoms with Gasteiger partial charge in [-0.1, -0.05) is 5.21 Å². The molecule has 0 aromatic carbocycles. The largest absolute Gasteiger partial charge is 0.444 e. The summed E-state index contributed by atoms with van der Waals surface area (Å²) < 4.78 is 6.93. The van der Waals surface area contributed by atoms with E-state index in [9.17, 15) is 9.59 Å². The molecule has 116 valence electrons. The van der Waals surface area contributed by atoms with E-state index in [1.807, 2.05) is 20.8 Å². The first kappa shape index (κ1) is 15.3. The van der Waals surface area contributed by atoms with E-state index < -0.39 is 11.5 Å². The zero-order valence-electron chi connectivity index (χ0n) is 12.6. The molecule has 1 aromatic heterocycles.